The van der Waals surface area contributed by atoms with Crippen molar-refractivity contribution in [3.8, 4) is 0 Å². The van der Waals surface area contributed by atoms with E-state index >= 15 is 0 Å². The first kappa shape index (κ1) is 41.9. The second kappa shape index (κ2) is 35.4. The number of unbranched alkanes of at least 4 members (excludes halogenated alkanes) is 24. The van der Waals surface area contributed by atoms with E-state index in [9.17, 15) is 4.79 Å². The number of hydrogen-bond donors (Lipinski definition) is 1. The first-order valence-electron chi connectivity index (χ1n) is 18.9. The maximum absolute atomic E-state index is 10.1. The van der Waals surface area contributed by atoms with Crippen LogP contribution in [0.4, 0.5) is 0 Å². The highest BCUT2D eigenvalue weighted by molar-refractivity contribution is 8.78. The van der Waals surface area contributed by atoms with Gasteiger partial charge in [-0.25, -0.2) is 0 Å². The molecule has 1 aliphatic heterocycles. The van der Waals surface area contributed by atoms with Crippen molar-refractivity contribution in [2.24, 2.45) is 5.92 Å². The Morgan fingerprint density at radius 1 is 0.524 bits per heavy atom. The highest BCUT2D eigenvalue weighted by Gasteiger charge is 2.17. The fourth-order valence-electron chi connectivity index (χ4n) is 6.01. The van der Waals surface area contributed by atoms with E-state index in [0.717, 1.165) is 5.92 Å². The van der Waals surface area contributed by atoms with Crippen LogP contribution in [0.5, 0.6) is 0 Å². The van der Waals surface area contributed by atoms with Gasteiger partial charge >= 0.3 is 5.97 Å². The van der Waals surface area contributed by atoms with Gasteiger partial charge in [-0.2, -0.15) is 0 Å². The second-order valence-electron chi connectivity index (χ2n) is 13.0. The number of hydrogen-bond acceptors (Lipinski definition) is 3. The lowest BCUT2D eigenvalue weighted by molar-refractivity contribution is -0.135. The zero-order valence-electron chi connectivity index (χ0n) is 28.7. The van der Waals surface area contributed by atoms with Crippen molar-refractivity contribution in [2.75, 3.05) is 0 Å². The fraction of sp³-hybridized carbons (Fsp3) is 0.921. The summed E-state index contributed by atoms with van der Waals surface area (Å²) in [6, 6.07) is 0. The van der Waals surface area contributed by atoms with Gasteiger partial charge in [0.1, 0.15) is 5.25 Å². The zero-order chi connectivity index (χ0) is 30.8. The molecule has 1 unspecified atom stereocenters. The summed E-state index contributed by atoms with van der Waals surface area (Å²) in [7, 11) is 2.82. The summed E-state index contributed by atoms with van der Waals surface area (Å²) < 4.78 is 0. The molecule has 0 aromatic rings. The Kier molecular flexibility index (Phi) is 35.3. The Bertz CT molecular complexity index is 541. The minimum absolute atomic E-state index is 0.319. The average molecular weight is 627 g/mol. The molecular formula is C38H74O2S2. The normalized spacial score (nSPS) is 14.4. The van der Waals surface area contributed by atoms with Crippen LogP contribution in [-0.4, -0.2) is 16.3 Å². The molecule has 0 aromatic heterocycles. The number of carboxylic acid groups (broad SMARTS) is 1. The van der Waals surface area contributed by atoms with Gasteiger partial charge in [-0.15, -0.1) is 0 Å². The smallest absolute Gasteiger partial charge is 0.321 e. The molecule has 2 nitrogen and oxygen atoms in total. The van der Waals surface area contributed by atoms with Crippen LogP contribution in [0.25, 0.3) is 0 Å². The maximum Gasteiger partial charge on any atom is 0.321 e. The van der Waals surface area contributed by atoms with E-state index in [0.29, 0.717) is 0 Å². The van der Waals surface area contributed by atoms with Crippen molar-refractivity contribution >= 4 is 27.6 Å². The molecule has 1 N–H and O–H groups in total. The monoisotopic (exact) mass is 627 g/mol. The van der Waals surface area contributed by atoms with Gasteiger partial charge in [0.25, 0.3) is 0 Å². The molecule has 0 fully saturated rings. The Morgan fingerprint density at radius 3 is 1.02 bits per heavy atom. The first-order valence-corrected chi connectivity index (χ1v) is 21.1. The van der Waals surface area contributed by atoms with E-state index in [4.69, 9.17) is 5.11 Å². The van der Waals surface area contributed by atoms with Crippen LogP contribution in [-0.2, 0) is 4.79 Å². The Morgan fingerprint density at radius 2 is 0.810 bits per heavy atom. The molecule has 0 radical (unpaired) electrons. The lowest BCUT2D eigenvalue weighted by Crippen LogP contribution is -2.09. The second-order valence-corrected chi connectivity index (χ2v) is 15.3. The van der Waals surface area contributed by atoms with Crippen molar-refractivity contribution in [1.82, 2.24) is 0 Å². The SMILES string of the molecule is CCCCCCCCCCCCC(CCCCCCCCC)CCCCCCCCCCCC.O=C(O)C1C=CSS1. The summed E-state index contributed by atoms with van der Waals surface area (Å²) in [6.07, 6.45) is 46.0. The van der Waals surface area contributed by atoms with Gasteiger partial charge in [0.15, 0.2) is 0 Å². The molecule has 0 saturated carbocycles. The van der Waals surface area contributed by atoms with Crippen LogP contribution < -0.4 is 0 Å². The maximum atomic E-state index is 10.1. The van der Waals surface area contributed by atoms with Crippen molar-refractivity contribution in [3.63, 3.8) is 0 Å². The molecule has 0 bridgehead atoms. The van der Waals surface area contributed by atoms with Gasteiger partial charge in [-0.05, 0) is 11.3 Å². The predicted molar refractivity (Wildman–Crippen MR) is 195 cm³/mol. The Balaban J connectivity index is 0.00000179. The third-order valence-electron chi connectivity index (χ3n) is 8.86. The highest BCUT2D eigenvalue weighted by Crippen LogP contribution is 2.35. The summed E-state index contributed by atoms with van der Waals surface area (Å²) >= 11 is 0. The molecule has 0 saturated heterocycles. The fourth-order valence-corrected chi connectivity index (χ4v) is 7.93. The number of carboxylic acids is 1. The van der Waals surface area contributed by atoms with Crippen molar-refractivity contribution in [3.05, 3.63) is 11.5 Å². The lowest BCUT2D eigenvalue weighted by Gasteiger charge is -2.17. The third kappa shape index (κ3) is 31.3. The summed E-state index contributed by atoms with van der Waals surface area (Å²) in [5.41, 5.74) is 0. The molecule has 250 valence electrons. The van der Waals surface area contributed by atoms with Crippen LogP contribution in [0.3, 0.4) is 0 Å². The van der Waals surface area contributed by atoms with Gasteiger partial charge in [0.05, 0.1) is 0 Å². The van der Waals surface area contributed by atoms with Crippen LogP contribution in [0.15, 0.2) is 11.5 Å². The van der Waals surface area contributed by atoms with Gasteiger partial charge < -0.3 is 5.11 Å². The van der Waals surface area contributed by atoms with E-state index in [1.54, 1.807) is 11.5 Å². The van der Waals surface area contributed by atoms with Crippen molar-refractivity contribution < 1.29 is 9.90 Å². The van der Waals surface area contributed by atoms with Gasteiger partial charge in [0, 0.05) is 0 Å². The molecule has 0 aromatic carbocycles. The van der Waals surface area contributed by atoms with Crippen molar-refractivity contribution in [1.29, 1.82) is 0 Å². The minimum atomic E-state index is -0.753. The molecule has 42 heavy (non-hydrogen) atoms. The van der Waals surface area contributed by atoms with E-state index < -0.39 is 5.97 Å². The van der Waals surface area contributed by atoms with Crippen LogP contribution >= 0.6 is 21.6 Å². The molecular weight excluding hydrogens is 553 g/mol. The van der Waals surface area contributed by atoms with Gasteiger partial charge in [-0.3, -0.25) is 4.79 Å². The molecule has 1 atom stereocenters. The van der Waals surface area contributed by atoms with Gasteiger partial charge in [0.2, 0.25) is 0 Å². The number of rotatable bonds is 31. The third-order valence-corrected chi connectivity index (χ3v) is 11.1. The first-order chi connectivity index (χ1) is 20.7. The highest BCUT2D eigenvalue weighted by atomic mass is 33.1. The van der Waals surface area contributed by atoms with E-state index in [1.165, 1.54) is 214 Å². The van der Waals surface area contributed by atoms with E-state index in [2.05, 4.69) is 20.8 Å². The standard InChI is InChI=1S/C34H70.C4H4O2S2/c1-4-7-10-13-16-18-20-23-26-29-32-34(31-28-25-22-15-12-9-6-3)33-30-27-24-21-19-17-14-11-8-5-2;5-4(6)3-1-2-7-8-3/h34H,4-33H2,1-3H3;1-3H,(H,5,6). The van der Waals surface area contributed by atoms with Crippen LogP contribution in [0.2, 0.25) is 0 Å². The lowest BCUT2D eigenvalue weighted by atomic mass is 9.89. The molecule has 0 amide bonds. The minimum Gasteiger partial charge on any atom is -0.480 e. The van der Waals surface area contributed by atoms with E-state index in [1.807, 2.05) is 0 Å². The Hall–Kier alpha value is -0.0900. The van der Waals surface area contributed by atoms with Crippen LogP contribution in [0, 0.1) is 5.92 Å². The molecule has 0 aliphatic carbocycles. The number of carbonyl (C=O) groups is 1. The summed E-state index contributed by atoms with van der Waals surface area (Å²) in [5.74, 6) is 0.287. The molecule has 4 heteroatoms. The summed E-state index contributed by atoms with van der Waals surface area (Å²) in [4.78, 5) is 10.1. The Labute approximate surface area is 272 Å². The zero-order valence-corrected chi connectivity index (χ0v) is 30.3. The molecule has 1 rings (SSSR count). The molecule has 0 spiro atoms. The largest absolute Gasteiger partial charge is 0.480 e. The average Bonchev–Trinajstić information content (AvgIpc) is 3.54. The molecule has 1 aliphatic rings. The molecule has 1 heterocycles. The quantitative estimate of drug-likeness (QED) is 0.0613. The van der Waals surface area contributed by atoms with E-state index in [-0.39, 0.29) is 5.25 Å². The topological polar surface area (TPSA) is 37.3 Å². The summed E-state index contributed by atoms with van der Waals surface area (Å²) in [5, 5.41) is 9.80. The van der Waals surface area contributed by atoms with Crippen LogP contribution in [0.1, 0.15) is 213 Å². The van der Waals surface area contributed by atoms with Gasteiger partial charge in [-0.1, -0.05) is 241 Å². The number of aliphatic carboxylic acids is 1. The predicted octanol–water partition coefficient (Wildman–Crippen LogP) is 14.7. The summed E-state index contributed by atoms with van der Waals surface area (Å²) in [6.45, 7) is 6.96. The van der Waals surface area contributed by atoms with Crippen molar-refractivity contribution in [2.45, 2.75) is 219 Å².